The molecular weight excluding hydrogens is 340 g/mol. The van der Waals surface area contributed by atoms with Crippen molar-refractivity contribution in [2.75, 3.05) is 0 Å². The van der Waals surface area contributed by atoms with Crippen molar-refractivity contribution in [3.63, 3.8) is 0 Å². The molecule has 1 nitrogen and oxygen atoms in total. The molecule has 0 amide bonds. The highest BCUT2D eigenvalue weighted by molar-refractivity contribution is 5.45. The van der Waals surface area contributed by atoms with Crippen LogP contribution in [0.25, 0.3) is 0 Å². The zero-order valence-electron chi connectivity index (χ0n) is 18.9. The Morgan fingerprint density at radius 2 is 1.93 bits per heavy atom. The van der Waals surface area contributed by atoms with Crippen LogP contribution in [-0.4, -0.2) is 11.2 Å². The van der Waals surface area contributed by atoms with Crippen LogP contribution in [0.4, 0.5) is 0 Å². The van der Waals surface area contributed by atoms with Crippen molar-refractivity contribution in [3.05, 3.63) is 34.4 Å². The summed E-state index contributed by atoms with van der Waals surface area (Å²) in [5, 5.41) is 10.6. The molecule has 0 saturated heterocycles. The third-order valence-corrected chi connectivity index (χ3v) is 9.10. The van der Waals surface area contributed by atoms with E-state index in [0.29, 0.717) is 5.92 Å². The Labute approximate surface area is 173 Å². The van der Waals surface area contributed by atoms with Gasteiger partial charge in [-0.15, -0.1) is 0 Å². The Morgan fingerprint density at radius 3 is 2.68 bits per heavy atom. The van der Waals surface area contributed by atoms with Crippen molar-refractivity contribution in [1.82, 2.24) is 0 Å². The maximum Gasteiger partial charge on any atom is 0.0594 e. The summed E-state index contributed by atoms with van der Waals surface area (Å²) in [4.78, 5) is 0. The van der Waals surface area contributed by atoms with Gasteiger partial charge in [0, 0.05) is 0 Å². The van der Waals surface area contributed by atoms with E-state index in [-0.39, 0.29) is 11.5 Å². The average molecular weight is 383 g/mol. The lowest BCUT2D eigenvalue weighted by Crippen LogP contribution is -2.47. The number of fused-ring (bicyclic) bond motifs is 4. The summed E-state index contributed by atoms with van der Waals surface area (Å²) >= 11 is 0. The second-order valence-corrected chi connectivity index (χ2v) is 11.2. The Bertz CT molecular complexity index is 687. The first kappa shape index (κ1) is 20.5. The number of hydrogen-bond donors (Lipinski definition) is 1. The standard InChI is InChI=1S/C27H42O/c1-17(2)7-6-8-18(3)19-9-10-21-20(19)11-12-23-22(21)13-15-25-24(23)14-16-26(28)27(25,4)5/h7,10,18-20,24-26,28H,6,8-9,11-16H2,1-5H3/t18?,19?,20?,24?,25-,26+/m1/s1. The molecule has 0 spiro atoms. The highest BCUT2D eigenvalue weighted by Gasteiger charge is 2.49. The second kappa shape index (κ2) is 7.78. The lowest BCUT2D eigenvalue weighted by molar-refractivity contribution is -0.0564. The molecular formula is C27H42O. The van der Waals surface area contributed by atoms with E-state index >= 15 is 0 Å². The summed E-state index contributed by atoms with van der Waals surface area (Å²) in [7, 11) is 0. The van der Waals surface area contributed by atoms with Gasteiger partial charge in [0.05, 0.1) is 6.10 Å². The van der Waals surface area contributed by atoms with Gasteiger partial charge in [0.1, 0.15) is 0 Å². The molecule has 4 aliphatic rings. The Kier molecular flexibility index (Phi) is 5.69. The predicted octanol–water partition coefficient (Wildman–Crippen LogP) is 7.23. The first-order valence-corrected chi connectivity index (χ1v) is 12.0. The minimum absolute atomic E-state index is 0.0876. The minimum Gasteiger partial charge on any atom is -0.393 e. The van der Waals surface area contributed by atoms with Gasteiger partial charge < -0.3 is 5.11 Å². The first-order valence-electron chi connectivity index (χ1n) is 12.0. The molecule has 0 heterocycles. The van der Waals surface area contributed by atoms with Crippen LogP contribution in [0.1, 0.15) is 92.4 Å². The van der Waals surface area contributed by atoms with Crippen molar-refractivity contribution in [2.45, 2.75) is 98.5 Å². The molecule has 4 rings (SSSR count). The lowest BCUT2D eigenvalue weighted by Gasteiger charge is -2.52. The molecule has 28 heavy (non-hydrogen) atoms. The Balaban J connectivity index is 1.50. The van der Waals surface area contributed by atoms with Gasteiger partial charge in [0.2, 0.25) is 0 Å². The molecule has 1 saturated carbocycles. The molecule has 0 aromatic carbocycles. The van der Waals surface area contributed by atoms with Crippen molar-refractivity contribution in [3.8, 4) is 0 Å². The van der Waals surface area contributed by atoms with E-state index in [2.05, 4.69) is 46.8 Å². The zero-order valence-corrected chi connectivity index (χ0v) is 18.9. The fourth-order valence-electron chi connectivity index (χ4n) is 7.33. The highest BCUT2D eigenvalue weighted by atomic mass is 16.3. The fraction of sp³-hybridized carbons (Fsp3) is 0.778. The van der Waals surface area contributed by atoms with Gasteiger partial charge >= 0.3 is 0 Å². The predicted molar refractivity (Wildman–Crippen MR) is 119 cm³/mol. The molecule has 156 valence electrons. The SMILES string of the molecule is CC(C)=CCCC(C)C1CC=C2C3=C(CCC21)C1CC[C@H](O)C(C)(C)[C@@H]1CC3. The maximum absolute atomic E-state index is 10.6. The highest BCUT2D eigenvalue weighted by Crippen LogP contribution is 2.58. The molecule has 1 heteroatoms. The van der Waals surface area contributed by atoms with Crippen LogP contribution in [-0.2, 0) is 0 Å². The van der Waals surface area contributed by atoms with E-state index in [9.17, 15) is 5.11 Å². The number of rotatable bonds is 4. The van der Waals surface area contributed by atoms with Crippen molar-refractivity contribution in [1.29, 1.82) is 0 Å². The molecule has 1 N–H and O–H groups in total. The van der Waals surface area contributed by atoms with Crippen molar-refractivity contribution >= 4 is 0 Å². The van der Waals surface area contributed by atoms with E-state index < -0.39 is 0 Å². The minimum atomic E-state index is -0.107. The molecule has 4 unspecified atom stereocenters. The lowest BCUT2D eigenvalue weighted by atomic mass is 9.54. The maximum atomic E-state index is 10.6. The molecule has 4 aliphatic carbocycles. The quantitative estimate of drug-likeness (QED) is 0.508. The molecule has 0 aromatic heterocycles. The van der Waals surface area contributed by atoms with E-state index in [0.717, 1.165) is 30.1 Å². The number of aliphatic hydroxyl groups excluding tert-OH is 1. The fourth-order valence-corrected chi connectivity index (χ4v) is 7.33. The molecule has 1 fully saturated rings. The van der Waals surface area contributed by atoms with Gasteiger partial charge in [-0.2, -0.15) is 0 Å². The largest absolute Gasteiger partial charge is 0.393 e. The van der Waals surface area contributed by atoms with E-state index in [1.54, 1.807) is 11.1 Å². The number of hydrogen-bond acceptors (Lipinski definition) is 1. The third kappa shape index (κ3) is 3.47. The Morgan fingerprint density at radius 1 is 1.14 bits per heavy atom. The topological polar surface area (TPSA) is 20.2 Å². The van der Waals surface area contributed by atoms with Crippen LogP contribution in [0.3, 0.4) is 0 Å². The van der Waals surface area contributed by atoms with Gasteiger partial charge in [-0.25, -0.2) is 0 Å². The van der Waals surface area contributed by atoms with E-state index in [4.69, 9.17) is 0 Å². The summed E-state index contributed by atoms with van der Waals surface area (Å²) in [5.41, 5.74) is 6.91. The monoisotopic (exact) mass is 382 g/mol. The summed E-state index contributed by atoms with van der Waals surface area (Å²) < 4.78 is 0. The van der Waals surface area contributed by atoms with Crippen molar-refractivity contribution < 1.29 is 5.11 Å². The van der Waals surface area contributed by atoms with Crippen LogP contribution in [0.2, 0.25) is 0 Å². The smallest absolute Gasteiger partial charge is 0.0594 e. The summed E-state index contributed by atoms with van der Waals surface area (Å²) in [6.45, 7) is 11.6. The van der Waals surface area contributed by atoms with Crippen LogP contribution in [0.15, 0.2) is 34.4 Å². The van der Waals surface area contributed by atoms with Gasteiger partial charge in [0.25, 0.3) is 0 Å². The second-order valence-electron chi connectivity index (χ2n) is 11.2. The summed E-state index contributed by atoms with van der Waals surface area (Å²) in [5.74, 6) is 3.97. The third-order valence-electron chi connectivity index (χ3n) is 9.10. The number of aliphatic hydroxyl groups is 1. The van der Waals surface area contributed by atoms with Gasteiger partial charge in [-0.1, -0.05) is 44.1 Å². The molecule has 0 radical (unpaired) electrons. The molecule has 0 bridgehead atoms. The molecule has 6 atom stereocenters. The van der Waals surface area contributed by atoms with Gasteiger partial charge in [-0.3, -0.25) is 0 Å². The average Bonchev–Trinajstić information content (AvgIpc) is 3.08. The van der Waals surface area contributed by atoms with E-state index in [1.165, 1.54) is 56.9 Å². The first-order chi connectivity index (χ1) is 13.3. The molecule has 0 aliphatic heterocycles. The summed E-state index contributed by atoms with van der Waals surface area (Å²) in [6, 6.07) is 0. The van der Waals surface area contributed by atoms with Crippen LogP contribution in [0.5, 0.6) is 0 Å². The van der Waals surface area contributed by atoms with Gasteiger partial charge in [0.15, 0.2) is 0 Å². The number of allylic oxidation sites excluding steroid dienone is 6. The van der Waals surface area contributed by atoms with Crippen molar-refractivity contribution in [2.24, 2.45) is 35.0 Å². The zero-order chi connectivity index (χ0) is 20.1. The summed E-state index contributed by atoms with van der Waals surface area (Å²) in [6.07, 6.45) is 16.4. The van der Waals surface area contributed by atoms with E-state index in [1.807, 2.05) is 5.57 Å². The van der Waals surface area contributed by atoms with Crippen LogP contribution < -0.4 is 0 Å². The van der Waals surface area contributed by atoms with Gasteiger partial charge in [-0.05, 0) is 118 Å². The van der Waals surface area contributed by atoms with Crippen LogP contribution >= 0.6 is 0 Å². The normalized spacial score (nSPS) is 37.5. The molecule has 0 aromatic rings. The Hall–Kier alpha value is -0.820. The van der Waals surface area contributed by atoms with Crippen LogP contribution in [0, 0.1) is 35.0 Å².